The van der Waals surface area contributed by atoms with E-state index < -0.39 is 22.5 Å². The SMILES string of the molecule is COc1ccc(N(CC(=O)N/N=C\c2ccc(OC)c(OC)c2)S(=O)(=O)c2ccccc2)cc1Cl. The van der Waals surface area contributed by atoms with Crippen molar-refractivity contribution in [2.24, 2.45) is 5.10 Å². The molecule has 3 rings (SSSR count). The molecule has 3 aromatic rings. The Morgan fingerprint density at radius 2 is 1.60 bits per heavy atom. The summed E-state index contributed by atoms with van der Waals surface area (Å²) in [5.74, 6) is 0.762. The molecule has 0 heterocycles. The number of carbonyl (C=O) groups excluding carboxylic acids is 1. The van der Waals surface area contributed by atoms with Gasteiger partial charge in [0.2, 0.25) is 0 Å². The Hall–Kier alpha value is -3.76. The highest BCUT2D eigenvalue weighted by Gasteiger charge is 2.27. The minimum absolute atomic E-state index is 0.0218. The largest absolute Gasteiger partial charge is 0.495 e. The van der Waals surface area contributed by atoms with Crippen LogP contribution in [-0.2, 0) is 14.8 Å². The molecule has 35 heavy (non-hydrogen) atoms. The van der Waals surface area contributed by atoms with Crippen molar-refractivity contribution in [3.63, 3.8) is 0 Å². The third-order valence-electron chi connectivity index (χ3n) is 4.85. The van der Waals surface area contributed by atoms with Crippen LogP contribution in [0.4, 0.5) is 5.69 Å². The normalized spacial score (nSPS) is 11.2. The van der Waals surface area contributed by atoms with E-state index in [1.54, 1.807) is 36.4 Å². The standard InChI is InChI=1S/C24H24ClN3O6S/c1-32-21-12-10-18(14-20(21)25)28(35(30,31)19-7-5-4-6-8-19)16-24(29)27-26-15-17-9-11-22(33-2)23(13-17)34-3/h4-15H,16H2,1-3H3,(H,27,29)/b26-15-. The number of nitrogens with zero attached hydrogens (tertiary/aromatic N) is 2. The lowest BCUT2D eigenvalue weighted by Crippen LogP contribution is -2.39. The highest BCUT2D eigenvalue weighted by atomic mass is 35.5. The van der Waals surface area contributed by atoms with Crippen LogP contribution in [0, 0.1) is 0 Å². The van der Waals surface area contributed by atoms with Crippen LogP contribution in [-0.4, -0.2) is 48.4 Å². The number of hydrazone groups is 1. The Bertz CT molecular complexity index is 1320. The molecule has 1 amide bonds. The van der Waals surface area contributed by atoms with Crippen molar-refractivity contribution >= 4 is 39.4 Å². The first-order valence-electron chi connectivity index (χ1n) is 10.3. The van der Waals surface area contributed by atoms with Gasteiger partial charge in [0.25, 0.3) is 15.9 Å². The molecule has 0 unspecified atom stereocenters. The molecule has 0 aromatic heterocycles. The zero-order chi connectivity index (χ0) is 25.4. The maximum atomic E-state index is 13.4. The average molecular weight is 518 g/mol. The fraction of sp³-hybridized carbons (Fsp3) is 0.167. The van der Waals surface area contributed by atoms with Crippen molar-refractivity contribution < 1.29 is 27.4 Å². The number of carbonyl (C=O) groups is 1. The van der Waals surface area contributed by atoms with Crippen molar-refractivity contribution in [1.29, 1.82) is 0 Å². The molecule has 0 fully saturated rings. The number of hydrogen-bond donors (Lipinski definition) is 1. The molecule has 0 radical (unpaired) electrons. The van der Waals surface area contributed by atoms with E-state index >= 15 is 0 Å². The Morgan fingerprint density at radius 1 is 0.943 bits per heavy atom. The molecule has 0 saturated carbocycles. The van der Waals surface area contributed by atoms with Gasteiger partial charge in [0.15, 0.2) is 11.5 Å². The zero-order valence-corrected chi connectivity index (χ0v) is 20.8. The Labute approximate surface area is 208 Å². The number of halogens is 1. The number of anilines is 1. The first-order chi connectivity index (χ1) is 16.8. The van der Waals surface area contributed by atoms with E-state index in [1.165, 1.54) is 57.9 Å². The molecular formula is C24H24ClN3O6S. The van der Waals surface area contributed by atoms with Crippen LogP contribution >= 0.6 is 11.6 Å². The highest BCUT2D eigenvalue weighted by Crippen LogP contribution is 2.32. The van der Waals surface area contributed by atoms with Gasteiger partial charge >= 0.3 is 0 Å². The average Bonchev–Trinajstić information content (AvgIpc) is 2.87. The molecule has 184 valence electrons. The van der Waals surface area contributed by atoms with Crippen molar-refractivity contribution in [2.45, 2.75) is 4.90 Å². The number of methoxy groups -OCH3 is 3. The molecule has 0 atom stereocenters. The van der Waals surface area contributed by atoms with E-state index in [-0.39, 0.29) is 15.6 Å². The first-order valence-corrected chi connectivity index (χ1v) is 12.1. The fourth-order valence-electron chi connectivity index (χ4n) is 3.12. The van der Waals surface area contributed by atoms with E-state index in [4.69, 9.17) is 25.8 Å². The number of amides is 1. The van der Waals surface area contributed by atoms with Gasteiger partial charge in [-0.1, -0.05) is 29.8 Å². The van der Waals surface area contributed by atoms with Gasteiger partial charge in [-0.15, -0.1) is 0 Å². The summed E-state index contributed by atoms with van der Waals surface area (Å²) in [5.41, 5.74) is 3.18. The summed E-state index contributed by atoms with van der Waals surface area (Å²) >= 11 is 6.21. The minimum atomic E-state index is -4.09. The molecule has 0 spiro atoms. The van der Waals surface area contributed by atoms with E-state index in [0.29, 0.717) is 22.8 Å². The summed E-state index contributed by atoms with van der Waals surface area (Å²) in [6.45, 7) is -0.539. The third-order valence-corrected chi connectivity index (χ3v) is 6.94. The molecule has 3 aromatic carbocycles. The van der Waals surface area contributed by atoms with Crippen LogP contribution in [0.5, 0.6) is 17.2 Å². The smallest absolute Gasteiger partial charge is 0.264 e. The van der Waals surface area contributed by atoms with Crippen molar-refractivity contribution in [2.75, 3.05) is 32.2 Å². The van der Waals surface area contributed by atoms with E-state index in [9.17, 15) is 13.2 Å². The molecular weight excluding hydrogens is 494 g/mol. The summed E-state index contributed by atoms with van der Waals surface area (Å²) in [6.07, 6.45) is 1.40. The van der Waals surface area contributed by atoms with Gasteiger partial charge in [-0.05, 0) is 54.1 Å². The lowest BCUT2D eigenvalue weighted by Gasteiger charge is -2.24. The zero-order valence-electron chi connectivity index (χ0n) is 19.3. The summed E-state index contributed by atoms with van der Waals surface area (Å²) in [4.78, 5) is 12.7. The van der Waals surface area contributed by atoms with Crippen LogP contribution in [0.1, 0.15) is 5.56 Å². The summed E-state index contributed by atoms with van der Waals surface area (Å²) in [6, 6.07) is 17.3. The molecule has 0 saturated heterocycles. The van der Waals surface area contributed by atoms with E-state index in [2.05, 4.69) is 10.5 Å². The summed E-state index contributed by atoms with van der Waals surface area (Å²) in [7, 11) is 0.392. The van der Waals surface area contributed by atoms with Crippen LogP contribution in [0.25, 0.3) is 0 Å². The van der Waals surface area contributed by atoms with Crippen molar-refractivity contribution in [1.82, 2.24) is 5.43 Å². The predicted octanol–water partition coefficient (Wildman–Crippen LogP) is 3.71. The molecule has 0 aliphatic rings. The second-order valence-electron chi connectivity index (χ2n) is 7.05. The maximum absolute atomic E-state index is 13.4. The number of rotatable bonds is 10. The van der Waals surface area contributed by atoms with Crippen LogP contribution in [0.15, 0.2) is 76.7 Å². The van der Waals surface area contributed by atoms with Gasteiger partial charge in [-0.3, -0.25) is 9.10 Å². The minimum Gasteiger partial charge on any atom is -0.495 e. The van der Waals surface area contributed by atoms with Crippen LogP contribution in [0.3, 0.4) is 0 Å². The van der Waals surface area contributed by atoms with Gasteiger partial charge in [0.05, 0.1) is 43.1 Å². The first kappa shape index (κ1) is 25.9. The molecule has 0 bridgehead atoms. The Morgan fingerprint density at radius 3 is 2.23 bits per heavy atom. The molecule has 1 N–H and O–H groups in total. The third kappa shape index (κ3) is 6.23. The highest BCUT2D eigenvalue weighted by molar-refractivity contribution is 7.92. The van der Waals surface area contributed by atoms with Crippen molar-refractivity contribution in [3.05, 3.63) is 77.3 Å². The number of hydrogen-bond acceptors (Lipinski definition) is 7. The second kappa shape index (κ2) is 11.6. The van der Waals surface area contributed by atoms with Gasteiger partial charge < -0.3 is 14.2 Å². The Balaban J connectivity index is 1.84. The lowest BCUT2D eigenvalue weighted by atomic mass is 10.2. The van der Waals surface area contributed by atoms with Crippen LogP contribution < -0.4 is 23.9 Å². The molecule has 9 nitrogen and oxygen atoms in total. The lowest BCUT2D eigenvalue weighted by molar-refractivity contribution is -0.119. The van der Waals surface area contributed by atoms with Gasteiger partial charge in [0, 0.05) is 0 Å². The molecule has 11 heteroatoms. The monoisotopic (exact) mass is 517 g/mol. The Kier molecular flexibility index (Phi) is 8.56. The number of nitrogens with one attached hydrogen (secondary N) is 1. The van der Waals surface area contributed by atoms with E-state index in [0.717, 1.165) is 4.31 Å². The fourth-order valence-corrected chi connectivity index (χ4v) is 4.81. The molecule has 0 aliphatic carbocycles. The van der Waals surface area contributed by atoms with E-state index in [1.807, 2.05) is 0 Å². The number of benzene rings is 3. The van der Waals surface area contributed by atoms with Crippen molar-refractivity contribution in [3.8, 4) is 17.2 Å². The number of ether oxygens (including phenoxy) is 3. The van der Waals surface area contributed by atoms with Gasteiger partial charge in [-0.25, -0.2) is 13.8 Å². The maximum Gasteiger partial charge on any atom is 0.264 e. The predicted molar refractivity (Wildman–Crippen MR) is 134 cm³/mol. The summed E-state index contributed by atoms with van der Waals surface area (Å²) in [5, 5.41) is 4.13. The quantitative estimate of drug-likeness (QED) is 0.324. The second-order valence-corrected chi connectivity index (χ2v) is 9.32. The van der Waals surface area contributed by atoms with Gasteiger partial charge in [0.1, 0.15) is 12.3 Å². The van der Waals surface area contributed by atoms with Gasteiger partial charge in [-0.2, -0.15) is 5.10 Å². The van der Waals surface area contributed by atoms with Crippen LogP contribution in [0.2, 0.25) is 5.02 Å². The summed E-state index contributed by atoms with van der Waals surface area (Å²) < 4.78 is 43.3. The molecule has 0 aliphatic heterocycles. The number of sulfonamides is 1. The topological polar surface area (TPSA) is 107 Å².